The Kier molecular flexibility index (Phi) is 6.48. The number of hydrogen-bond acceptors (Lipinski definition) is 8. The van der Waals surface area contributed by atoms with Crippen molar-refractivity contribution in [2.75, 3.05) is 17.7 Å². The molecule has 2 heterocycles. The van der Waals surface area contributed by atoms with E-state index in [1.54, 1.807) is 13.1 Å². The number of rotatable bonds is 7. The predicted molar refractivity (Wildman–Crippen MR) is 88.6 cm³/mol. The molecule has 0 radical (unpaired) electrons. The zero-order valence-electron chi connectivity index (χ0n) is 12.7. The van der Waals surface area contributed by atoms with Crippen molar-refractivity contribution in [3.05, 3.63) is 29.6 Å². The quantitative estimate of drug-likeness (QED) is 0.463. The Labute approximate surface area is 141 Å². The van der Waals surface area contributed by atoms with E-state index < -0.39 is 0 Å². The molecule has 2 aromatic heterocycles. The molecule has 23 heavy (non-hydrogen) atoms. The van der Waals surface area contributed by atoms with Gasteiger partial charge < -0.3 is 10.1 Å². The summed E-state index contributed by atoms with van der Waals surface area (Å²) in [4.78, 5) is 27.4. The van der Waals surface area contributed by atoms with Gasteiger partial charge in [0.2, 0.25) is 11.0 Å². The zero-order chi connectivity index (χ0) is 16.7. The largest absolute Gasteiger partial charge is 0.465 e. The molecular formula is C14H16N4O3S2. The molecule has 0 spiro atoms. The van der Waals surface area contributed by atoms with Crippen molar-refractivity contribution in [2.24, 2.45) is 0 Å². The van der Waals surface area contributed by atoms with Crippen LogP contribution in [0, 0.1) is 6.92 Å². The van der Waals surface area contributed by atoms with Crippen molar-refractivity contribution < 1.29 is 14.3 Å². The number of aryl methyl sites for hydroxylation is 1. The van der Waals surface area contributed by atoms with Crippen LogP contribution in [0.25, 0.3) is 0 Å². The molecule has 0 fully saturated rings. The van der Waals surface area contributed by atoms with Crippen molar-refractivity contribution >= 4 is 40.1 Å². The van der Waals surface area contributed by atoms with Gasteiger partial charge in [-0.1, -0.05) is 29.2 Å². The van der Waals surface area contributed by atoms with Gasteiger partial charge >= 0.3 is 5.97 Å². The minimum absolute atomic E-state index is 0.172. The number of amides is 1. The molecule has 0 atom stereocenters. The monoisotopic (exact) mass is 352 g/mol. The molecule has 0 aliphatic heterocycles. The first-order chi connectivity index (χ1) is 11.1. The van der Waals surface area contributed by atoms with Crippen LogP contribution in [0.4, 0.5) is 5.13 Å². The summed E-state index contributed by atoms with van der Waals surface area (Å²) in [6.07, 6.45) is 1.90. The number of hydrogen-bond donors (Lipinski definition) is 1. The summed E-state index contributed by atoms with van der Waals surface area (Å²) in [5, 5.41) is 10.9. The topological polar surface area (TPSA) is 94.1 Å². The molecule has 0 saturated heterocycles. The molecule has 0 bridgehead atoms. The van der Waals surface area contributed by atoms with E-state index in [9.17, 15) is 9.59 Å². The van der Waals surface area contributed by atoms with Gasteiger partial charge in [-0.05, 0) is 25.5 Å². The van der Waals surface area contributed by atoms with Gasteiger partial charge in [0, 0.05) is 11.9 Å². The van der Waals surface area contributed by atoms with Gasteiger partial charge in [-0.25, -0.2) is 0 Å². The Bertz CT molecular complexity index is 673. The molecular weight excluding hydrogens is 336 g/mol. The lowest BCUT2D eigenvalue weighted by Crippen LogP contribution is -2.14. The highest BCUT2D eigenvalue weighted by Crippen LogP contribution is 2.25. The lowest BCUT2D eigenvalue weighted by molar-refractivity contribution is -0.139. The van der Waals surface area contributed by atoms with Crippen molar-refractivity contribution in [1.82, 2.24) is 15.2 Å². The molecule has 0 aromatic carbocycles. The summed E-state index contributed by atoms with van der Waals surface area (Å²) in [5.41, 5.74) is 1.73. The van der Waals surface area contributed by atoms with Crippen LogP contribution in [0.15, 0.2) is 22.7 Å². The average molecular weight is 352 g/mol. The Morgan fingerprint density at radius 1 is 1.35 bits per heavy atom. The Morgan fingerprint density at radius 3 is 2.87 bits per heavy atom. The number of thioether (sulfide) groups is 1. The highest BCUT2D eigenvalue weighted by molar-refractivity contribution is 8.01. The number of anilines is 1. The standard InChI is InChI=1S/C14H16N4O3S2/c1-3-21-12(20)8-22-14-18-17-13(23-14)16-11(19)6-10-5-4-9(2)15-7-10/h4-5,7H,3,6,8H2,1-2H3,(H,16,17,19). The van der Waals surface area contributed by atoms with Gasteiger partial charge in [-0.2, -0.15) is 0 Å². The maximum absolute atomic E-state index is 11.9. The third-order valence-corrected chi connectivity index (χ3v) is 4.55. The summed E-state index contributed by atoms with van der Waals surface area (Å²) in [6.45, 7) is 4.00. The van der Waals surface area contributed by atoms with Crippen LogP contribution in [0.3, 0.4) is 0 Å². The molecule has 2 aromatic rings. The normalized spacial score (nSPS) is 10.3. The summed E-state index contributed by atoms with van der Waals surface area (Å²) in [7, 11) is 0. The van der Waals surface area contributed by atoms with Gasteiger partial charge in [0.25, 0.3) is 0 Å². The van der Waals surface area contributed by atoms with Crippen LogP contribution in [0.5, 0.6) is 0 Å². The maximum atomic E-state index is 11.9. The van der Waals surface area contributed by atoms with Gasteiger partial charge in [0.15, 0.2) is 4.34 Å². The number of esters is 1. The first-order valence-electron chi connectivity index (χ1n) is 6.90. The van der Waals surface area contributed by atoms with E-state index in [1.165, 1.54) is 23.1 Å². The number of nitrogens with zero attached hydrogens (tertiary/aromatic N) is 3. The Morgan fingerprint density at radius 2 is 2.17 bits per heavy atom. The third-order valence-electron chi connectivity index (χ3n) is 2.61. The van der Waals surface area contributed by atoms with E-state index >= 15 is 0 Å². The average Bonchev–Trinajstić information content (AvgIpc) is 2.95. The molecule has 122 valence electrons. The molecule has 1 N–H and O–H groups in total. The number of carbonyl (C=O) groups is 2. The fourth-order valence-electron chi connectivity index (χ4n) is 1.59. The first kappa shape index (κ1) is 17.4. The lowest BCUT2D eigenvalue weighted by atomic mass is 10.2. The Hall–Kier alpha value is -2.00. The fourth-order valence-corrected chi connectivity index (χ4v) is 3.16. The van der Waals surface area contributed by atoms with Crippen molar-refractivity contribution in [1.29, 1.82) is 0 Å². The predicted octanol–water partition coefficient (Wildman–Crippen LogP) is 2.08. The zero-order valence-corrected chi connectivity index (χ0v) is 14.4. The molecule has 0 saturated carbocycles. The van der Waals surface area contributed by atoms with Crippen molar-refractivity contribution in [3.63, 3.8) is 0 Å². The maximum Gasteiger partial charge on any atom is 0.316 e. The van der Waals surface area contributed by atoms with Crippen LogP contribution < -0.4 is 5.32 Å². The van der Waals surface area contributed by atoms with Crippen LogP contribution in [0.2, 0.25) is 0 Å². The number of nitrogens with one attached hydrogen (secondary N) is 1. The summed E-state index contributed by atoms with van der Waals surface area (Å²) in [6, 6.07) is 3.72. The van der Waals surface area contributed by atoms with E-state index in [4.69, 9.17) is 4.74 Å². The second-order valence-corrected chi connectivity index (χ2v) is 6.70. The number of ether oxygens (including phenoxy) is 1. The minimum atomic E-state index is -0.301. The van der Waals surface area contributed by atoms with Crippen molar-refractivity contribution in [3.8, 4) is 0 Å². The number of aromatic nitrogens is 3. The first-order valence-corrected chi connectivity index (χ1v) is 8.70. The highest BCUT2D eigenvalue weighted by atomic mass is 32.2. The van der Waals surface area contributed by atoms with E-state index in [2.05, 4.69) is 20.5 Å². The highest BCUT2D eigenvalue weighted by Gasteiger charge is 2.11. The molecule has 0 aliphatic carbocycles. The van der Waals surface area contributed by atoms with Gasteiger partial charge in [-0.15, -0.1) is 10.2 Å². The number of pyridine rings is 1. The minimum Gasteiger partial charge on any atom is -0.465 e. The molecule has 0 aliphatic rings. The second kappa shape index (κ2) is 8.59. The fraction of sp³-hybridized carbons (Fsp3) is 0.357. The van der Waals surface area contributed by atoms with Crippen molar-refractivity contribution in [2.45, 2.75) is 24.6 Å². The third kappa shape index (κ3) is 5.95. The molecule has 0 unspecified atom stereocenters. The van der Waals surface area contributed by atoms with E-state index in [0.29, 0.717) is 16.1 Å². The van der Waals surface area contributed by atoms with Crippen LogP contribution in [-0.2, 0) is 20.7 Å². The van der Waals surface area contributed by atoms with E-state index in [-0.39, 0.29) is 24.1 Å². The SMILES string of the molecule is CCOC(=O)CSc1nnc(NC(=O)Cc2ccc(C)nc2)s1. The van der Waals surface area contributed by atoms with Crippen LogP contribution >= 0.6 is 23.1 Å². The molecule has 1 amide bonds. The number of carbonyl (C=O) groups excluding carboxylic acids is 2. The van der Waals surface area contributed by atoms with Crippen LogP contribution in [0.1, 0.15) is 18.2 Å². The lowest BCUT2D eigenvalue weighted by Gasteiger charge is -2.01. The van der Waals surface area contributed by atoms with Gasteiger partial charge in [-0.3, -0.25) is 14.6 Å². The molecule has 7 nitrogen and oxygen atoms in total. The smallest absolute Gasteiger partial charge is 0.316 e. The van der Waals surface area contributed by atoms with Gasteiger partial charge in [0.05, 0.1) is 18.8 Å². The summed E-state index contributed by atoms with van der Waals surface area (Å²) >= 11 is 2.45. The van der Waals surface area contributed by atoms with Gasteiger partial charge in [0.1, 0.15) is 0 Å². The second-order valence-electron chi connectivity index (χ2n) is 4.50. The summed E-state index contributed by atoms with van der Waals surface area (Å²) in [5.74, 6) is -0.315. The molecule has 2 rings (SSSR count). The summed E-state index contributed by atoms with van der Waals surface area (Å²) < 4.78 is 5.43. The van der Waals surface area contributed by atoms with Crippen LogP contribution in [-0.4, -0.2) is 39.4 Å². The van der Waals surface area contributed by atoms with E-state index in [0.717, 1.165) is 11.3 Å². The molecule has 9 heteroatoms. The Balaban J connectivity index is 1.82. The van der Waals surface area contributed by atoms with E-state index in [1.807, 2.05) is 19.1 Å².